The monoisotopic (exact) mass is 359 g/mol. The summed E-state index contributed by atoms with van der Waals surface area (Å²) in [4.78, 5) is 26.4. The molecule has 5 rings (SSSR count). The van der Waals surface area contributed by atoms with E-state index in [2.05, 4.69) is 17.2 Å². The summed E-state index contributed by atoms with van der Waals surface area (Å²) < 4.78 is 5.36. The van der Waals surface area contributed by atoms with Gasteiger partial charge < -0.3 is 20.2 Å². The van der Waals surface area contributed by atoms with Gasteiger partial charge in [-0.25, -0.2) is 0 Å². The Morgan fingerprint density at radius 2 is 1.96 bits per heavy atom. The van der Waals surface area contributed by atoms with Crippen LogP contribution in [0.1, 0.15) is 45.4 Å². The van der Waals surface area contributed by atoms with E-state index in [0.29, 0.717) is 0 Å². The summed E-state index contributed by atoms with van der Waals surface area (Å²) in [5, 5.41) is 14.1. The van der Waals surface area contributed by atoms with Crippen molar-refractivity contribution in [3.8, 4) is 5.75 Å². The van der Waals surface area contributed by atoms with Crippen molar-refractivity contribution in [3.63, 3.8) is 0 Å². The molecule has 4 saturated carbocycles. The summed E-state index contributed by atoms with van der Waals surface area (Å²) in [5.74, 6) is 1.91. The molecule has 0 radical (unpaired) electrons. The van der Waals surface area contributed by atoms with Crippen LogP contribution in [0.2, 0.25) is 0 Å². The second-order valence-electron chi connectivity index (χ2n) is 8.44. The highest BCUT2D eigenvalue weighted by Crippen LogP contribution is 2.61. The number of pyridine rings is 1. The van der Waals surface area contributed by atoms with E-state index < -0.39 is 4.92 Å². The standard InChI is InChI=1S/C19H25N3O4/c1-12(19-8-13-5-14(9-19)7-15(6-13)10-19)21-17(23)11-26-16-3-2-4-20-18(16)22(24)25/h2-4,12-15H,5-11H2,1H3,(H,21,23)/t12-,13?,14?,15?,19?/m0/s1. The molecule has 4 aliphatic carbocycles. The van der Waals surface area contributed by atoms with Crippen LogP contribution >= 0.6 is 0 Å². The molecule has 4 fully saturated rings. The number of nitrogens with zero attached hydrogens (tertiary/aromatic N) is 2. The number of ether oxygens (including phenoxy) is 1. The predicted octanol–water partition coefficient (Wildman–Crippen LogP) is 3.09. The Hall–Kier alpha value is -2.18. The predicted molar refractivity (Wildman–Crippen MR) is 94.6 cm³/mol. The molecule has 4 aliphatic rings. The normalized spacial score (nSPS) is 32.9. The minimum Gasteiger partial charge on any atom is -0.476 e. The van der Waals surface area contributed by atoms with Gasteiger partial charge in [0.2, 0.25) is 5.75 Å². The molecular weight excluding hydrogens is 334 g/mol. The minimum absolute atomic E-state index is 0.0232. The second-order valence-corrected chi connectivity index (χ2v) is 8.44. The van der Waals surface area contributed by atoms with E-state index in [4.69, 9.17) is 4.74 Å². The molecule has 1 amide bonds. The van der Waals surface area contributed by atoms with Crippen LogP contribution in [-0.2, 0) is 4.79 Å². The lowest BCUT2D eigenvalue weighted by Gasteiger charge is -2.59. The molecule has 0 unspecified atom stereocenters. The average molecular weight is 359 g/mol. The van der Waals surface area contributed by atoms with Crippen molar-refractivity contribution in [1.82, 2.24) is 10.3 Å². The van der Waals surface area contributed by atoms with E-state index in [1.54, 1.807) is 6.07 Å². The van der Waals surface area contributed by atoms with Crippen LogP contribution in [0.3, 0.4) is 0 Å². The molecular formula is C19H25N3O4. The Morgan fingerprint density at radius 1 is 1.35 bits per heavy atom. The van der Waals surface area contributed by atoms with Crippen molar-refractivity contribution in [2.75, 3.05) is 6.61 Å². The Bertz CT molecular complexity index is 685. The van der Waals surface area contributed by atoms with Gasteiger partial charge in [0.05, 0.1) is 0 Å². The lowest BCUT2D eigenvalue weighted by atomic mass is 9.48. The zero-order valence-electron chi connectivity index (χ0n) is 15.0. The first-order valence-corrected chi connectivity index (χ1v) is 9.47. The van der Waals surface area contributed by atoms with Gasteiger partial charge in [0, 0.05) is 6.04 Å². The van der Waals surface area contributed by atoms with Crippen molar-refractivity contribution in [2.24, 2.45) is 23.2 Å². The van der Waals surface area contributed by atoms with Crippen LogP contribution in [0.4, 0.5) is 5.82 Å². The fraction of sp³-hybridized carbons (Fsp3) is 0.684. The summed E-state index contributed by atoms with van der Waals surface area (Å²) >= 11 is 0. The molecule has 4 bridgehead atoms. The highest BCUT2D eigenvalue weighted by molar-refractivity contribution is 5.78. The largest absolute Gasteiger partial charge is 0.476 e. The number of nitrogens with one attached hydrogen (secondary N) is 1. The van der Waals surface area contributed by atoms with E-state index >= 15 is 0 Å². The zero-order valence-corrected chi connectivity index (χ0v) is 15.0. The molecule has 26 heavy (non-hydrogen) atoms. The van der Waals surface area contributed by atoms with Crippen molar-refractivity contribution in [2.45, 2.75) is 51.5 Å². The third-order valence-corrected chi connectivity index (χ3v) is 6.66. The fourth-order valence-electron chi connectivity index (χ4n) is 5.92. The number of carbonyl (C=O) groups is 1. The summed E-state index contributed by atoms with van der Waals surface area (Å²) in [6, 6.07) is 3.12. The highest BCUT2D eigenvalue weighted by Gasteiger charge is 2.53. The molecule has 0 aromatic carbocycles. The van der Waals surface area contributed by atoms with Gasteiger partial charge in [0.25, 0.3) is 5.91 Å². The number of hydrogen-bond donors (Lipinski definition) is 1. The van der Waals surface area contributed by atoms with Crippen LogP contribution in [0.25, 0.3) is 0 Å². The van der Waals surface area contributed by atoms with E-state index in [0.717, 1.165) is 17.8 Å². The topological polar surface area (TPSA) is 94.4 Å². The quantitative estimate of drug-likeness (QED) is 0.622. The van der Waals surface area contributed by atoms with Crippen LogP contribution in [-0.4, -0.2) is 28.5 Å². The highest BCUT2D eigenvalue weighted by atomic mass is 16.6. The van der Waals surface area contributed by atoms with Crippen molar-refractivity contribution < 1.29 is 14.5 Å². The molecule has 1 N–H and O–H groups in total. The molecule has 0 aliphatic heterocycles. The smallest absolute Gasteiger partial charge is 0.406 e. The van der Waals surface area contributed by atoms with Crippen LogP contribution in [0.15, 0.2) is 18.3 Å². The first-order valence-electron chi connectivity index (χ1n) is 9.47. The van der Waals surface area contributed by atoms with E-state index in [1.165, 1.54) is 50.8 Å². The maximum Gasteiger partial charge on any atom is 0.406 e. The molecule has 7 heteroatoms. The average Bonchev–Trinajstić information content (AvgIpc) is 2.59. The Balaban J connectivity index is 1.36. The lowest BCUT2D eigenvalue weighted by molar-refractivity contribution is -0.390. The van der Waals surface area contributed by atoms with Gasteiger partial charge >= 0.3 is 5.82 Å². The van der Waals surface area contributed by atoms with Gasteiger partial charge in [-0.15, -0.1) is 0 Å². The summed E-state index contributed by atoms with van der Waals surface area (Å²) in [6.45, 7) is 1.88. The van der Waals surface area contributed by atoms with Crippen molar-refractivity contribution >= 4 is 11.7 Å². The molecule has 1 aromatic heterocycles. The number of nitro groups is 1. The Labute approximate surface area is 152 Å². The Morgan fingerprint density at radius 3 is 2.54 bits per heavy atom. The van der Waals surface area contributed by atoms with Gasteiger partial charge in [0.15, 0.2) is 6.61 Å². The molecule has 1 atom stereocenters. The molecule has 1 aromatic rings. The number of rotatable bonds is 6. The van der Waals surface area contributed by atoms with E-state index in [1.807, 2.05) is 0 Å². The van der Waals surface area contributed by atoms with Gasteiger partial charge in [-0.2, -0.15) is 0 Å². The third kappa shape index (κ3) is 3.15. The van der Waals surface area contributed by atoms with Crippen LogP contribution in [0.5, 0.6) is 5.75 Å². The number of amides is 1. The second kappa shape index (κ2) is 6.52. The van der Waals surface area contributed by atoms with Gasteiger partial charge in [-0.05, 0) is 90.7 Å². The SMILES string of the molecule is C[C@H](NC(=O)COc1cccnc1[N+](=O)[O-])C12CC3CC(CC(C3)C1)C2. The minimum atomic E-state index is -0.606. The summed E-state index contributed by atoms with van der Waals surface area (Å²) in [6.07, 6.45) is 9.09. The van der Waals surface area contributed by atoms with E-state index in [-0.39, 0.29) is 35.5 Å². The summed E-state index contributed by atoms with van der Waals surface area (Å²) in [7, 11) is 0. The molecule has 140 valence electrons. The first kappa shape index (κ1) is 17.2. The fourth-order valence-corrected chi connectivity index (χ4v) is 5.92. The molecule has 7 nitrogen and oxygen atoms in total. The number of carbonyl (C=O) groups excluding carboxylic acids is 1. The van der Waals surface area contributed by atoms with E-state index in [9.17, 15) is 14.9 Å². The van der Waals surface area contributed by atoms with Crippen molar-refractivity contribution in [1.29, 1.82) is 0 Å². The Kier molecular flexibility index (Phi) is 4.32. The molecule has 1 heterocycles. The maximum absolute atomic E-state index is 12.4. The zero-order chi connectivity index (χ0) is 18.3. The van der Waals surface area contributed by atoms with Crippen LogP contribution < -0.4 is 10.1 Å². The van der Waals surface area contributed by atoms with Gasteiger partial charge in [-0.3, -0.25) is 4.79 Å². The van der Waals surface area contributed by atoms with Crippen molar-refractivity contribution in [3.05, 3.63) is 28.4 Å². The molecule has 0 spiro atoms. The van der Waals surface area contributed by atoms with Crippen LogP contribution in [0, 0.1) is 33.3 Å². The summed E-state index contributed by atoms with van der Waals surface area (Å²) in [5.41, 5.74) is 0.227. The number of hydrogen-bond acceptors (Lipinski definition) is 5. The number of aromatic nitrogens is 1. The first-order chi connectivity index (χ1) is 12.4. The maximum atomic E-state index is 12.4. The van der Waals surface area contributed by atoms with Gasteiger partial charge in [-0.1, -0.05) is 0 Å². The molecule has 0 saturated heterocycles. The third-order valence-electron chi connectivity index (χ3n) is 6.66. The lowest BCUT2D eigenvalue weighted by Crippen LogP contribution is -2.56. The van der Waals surface area contributed by atoms with Gasteiger partial charge in [0.1, 0.15) is 6.20 Å².